The molecule has 1 aromatic rings. The summed E-state index contributed by atoms with van der Waals surface area (Å²) >= 11 is 0. The minimum absolute atomic E-state index is 0.151. The zero-order chi connectivity index (χ0) is 17.8. The van der Waals surface area contributed by atoms with Crippen molar-refractivity contribution in [2.75, 3.05) is 7.11 Å². The molecule has 0 spiro atoms. The Morgan fingerprint density at radius 3 is 2.72 bits per heavy atom. The fraction of sp³-hybridized carbons (Fsp3) is 0.619. The number of carbonyl (C=O) groups is 2. The van der Waals surface area contributed by atoms with E-state index in [2.05, 4.69) is 6.92 Å². The van der Waals surface area contributed by atoms with Gasteiger partial charge in [-0.15, -0.1) is 0 Å². The molecule has 4 nitrogen and oxygen atoms in total. The molecule has 4 rings (SSSR count). The lowest BCUT2D eigenvalue weighted by Gasteiger charge is -2.48. The second-order valence-corrected chi connectivity index (χ2v) is 8.26. The predicted octanol–water partition coefficient (Wildman–Crippen LogP) is 4.05. The van der Waals surface area contributed by atoms with E-state index in [9.17, 15) is 9.59 Å². The minimum Gasteiger partial charge on any atom is -0.493 e. The van der Waals surface area contributed by atoms with Crippen molar-refractivity contribution in [3.05, 3.63) is 23.3 Å². The normalized spacial score (nSPS) is 33.2. The van der Waals surface area contributed by atoms with E-state index in [0.29, 0.717) is 35.0 Å². The lowest BCUT2D eigenvalue weighted by Crippen LogP contribution is -2.44. The Morgan fingerprint density at radius 1 is 1.20 bits per heavy atom. The highest BCUT2D eigenvalue weighted by Gasteiger charge is 2.53. The average molecular weight is 342 g/mol. The Morgan fingerprint density at radius 2 is 2.00 bits per heavy atom. The molecule has 0 aromatic heterocycles. The van der Waals surface area contributed by atoms with Crippen molar-refractivity contribution >= 4 is 11.8 Å². The van der Waals surface area contributed by atoms with Crippen LogP contribution in [-0.2, 0) is 16.0 Å². The van der Waals surface area contributed by atoms with Crippen LogP contribution >= 0.6 is 0 Å². The van der Waals surface area contributed by atoms with Crippen LogP contribution in [0.3, 0.4) is 0 Å². The molecule has 134 valence electrons. The van der Waals surface area contributed by atoms with Crippen molar-refractivity contribution in [3.63, 3.8) is 0 Å². The number of hydrogen-bond donors (Lipinski definition) is 0. The first-order valence-corrected chi connectivity index (χ1v) is 9.35. The standard InChI is InChI=1S/C21H26O4/c1-12(22)25-19-10-13-9-17(23)20-14(15(13)11-18(19)24-3)6-8-21(2)7-4-5-16(20)21/h10-11,14,16,20H,4-9H2,1-3H3/t14-,16+,20-,21+/m1/s1. The van der Waals surface area contributed by atoms with E-state index < -0.39 is 0 Å². The molecular formula is C21H26O4. The molecule has 3 aliphatic carbocycles. The van der Waals surface area contributed by atoms with Gasteiger partial charge in [0.25, 0.3) is 0 Å². The maximum Gasteiger partial charge on any atom is 0.308 e. The van der Waals surface area contributed by atoms with Crippen molar-refractivity contribution < 1.29 is 19.1 Å². The fourth-order valence-electron chi connectivity index (χ4n) is 5.74. The lowest BCUT2D eigenvalue weighted by atomic mass is 9.55. The maximum absolute atomic E-state index is 13.0. The van der Waals surface area contributed by atoms with Gasteiger partial charge in [-0.05, 0) is 66.2 Å². The minimum atomic E-state index is -0.377. The Labute approximate surface area is 148 Å². The number of ether oxygens (including phenoxy) is 2. The number of rotatable bonds is 2. The van der Waals surface area contributed by atoms with Crippen LogP contribution in [0.15, 0.2) is 12.1 Å². The lowest BCUT2D eigenvalue weighted by molar-refractivity contribution is -0.132. The molecule has 0 saturated heterocycles. The molecule has 0 radical (unpaired) electrons. The zero-order valence-electron chi connectivity index (χ0n) is 15.3. The third kappa shape index (κ3) is 2.57. The van der Waals surface area contributed by atoms with E-state index in [0.717, 1.165) is 12.0 Å². The Balaban J connectivity index is 1.76. The number of benzene rings is 1. The molecule has 2 saturated carbocycles. The van der Waals surface area contributed by atoms with Gasteiger partial charge in [0.15, 0.2) is 11.5 Å². The van der Waals surface area contributed by atoms with Gasteiger partial charge in [-0.3, -0.25) is 9.59 Å². The Bertz CT molecular complexity index is 738. The summed E-state index contributed by atoms with van der Waals surface area (Å²) in [6.45, 7) is 3.76. The van der Waals surface area contributed by atoms with E-state index in [1.807, 2.05) is 12.1 Å². The molecule has 25 heavy (non-hydrogen) atoms. The van der Waals surface area contributed by atoms with Crippen LogP contribution in [-0.4, -0.2) is 18.9 Å². The first-order chi connectivity index (χ1) is 11.9. The second kappa shape index (κ2) is 5.86. The summed E-state index contributed by atoms with van der Waals surface area (Å²) < 4.78 is 10.7. The van der Waals surface area contributed by atoms with Gasteiger partial charge >= 0.3 is 5.97 Å². The van der Waals surface area contributed by atoms with Crippen molar-refractivity contribution in [1.29, 1.82) is 0 Å². The summed E-state index contributed by atoms with van der Waals surface area (Å²) in [5.41, 5.74) is 2.58. The summed E-state index contributed by atoms with van der Waals surface area (Å²) in [6.07, 6.45) is 6.39. The highest BCUT2D eigenvalue weighted by atomic mass is 16.6. The summed E-state index contributed by atoms with van der Waals surface area (Å²) in [5.74, 6) is 1.95. The molecule has 0 aliphatic heterocycles. The third-order valence-electron chi connectivity index (χ3n) is 6.87. The molecule has 0 N–H and O–H groups in total. The van der Waals surface area contributed by atoms with Gasteiger partial charge in [0, 0.05) is 19.3 Å². The van der Waals surface area contributed by atoms with Gasteiger partial charge in [-0.1, -0.05) is 13.3 Å². The summed E-state index contributed by atoms with van der Waals surface area (Å²) in [4.78, 5) is 24.4. The number of carbonyl (C=O) groups excluding carboxylic acids is 2. The van der Waals surface area contributed by atoms with E-state index in [4.69, 9.17) is 9.47 Å². The van der Waals surface area contributed by atoms with E-state index in [1.165, 1.54) is 38.2 Å². The van der Waals surface area contributed by atoms with Gasteiger partial charge in [0.05, 0.1) is 7.11 Å². The summed E-state index contributed by atoms with van der Waals surface area (Å²) in [7, 11) is 1.59. The van der Waals surface area contributed by atoms with Crippen LogP contribution in [0, 0.1) is 17.3 Å². The number of esters is 1. The van der Waals surface area contributed by atoms with E-state index in [-0.39, 0.29) is 17.8 Å². The Kier molecular flexibility index (Phi) is 3.89. The van der Waals surface area contributed by atoms with Gasteiger partial charge < -0.3 is 9.47 Å². The predicted molar refractivity (Wildman–Crippen MR) is 93.9 cm³/mol. The van der Waals surface area contributed by atoms with Crippen LogP contribution in [0.5, 0.6) is 11.5 Å². The molecule has 2 fully saturated rings. The van der Waals surface area contributed by atoms with Gasteiger partial charge in [0.1, 0.15) is 5.78 Å². The monoisotopic (exact) mass is 342 g/mol. The highest BCUT2D eigenvalue weighted by Crippen LogP contribution is 2.60. The van der Waals surface area contributed by atoms with Crippen molar-refractivity contribution in [1.82, 2.24) is 0 Å². The summed E-state index contributed by atoms with van der Waals surface area (Å²) in [6, 6.07) is 3.85. The van der Waals surface area contributed by atoms with Crippen LogP contribution in [0.1, 0.15) is 63.0 Å². The SMILES string of the molecule is COc1cc2c(cc1OC(C)=O)CC(=O)[C@@H]1[C@@H]2CC[C@]2(C)CCC[C@@H]12. The molecule has 4 atom stereocenters. The molecule has 4 heteroatoms. The number of Topliss-reactive ketones (excluding diaryl/α,β-unsaturated/α-hetero) is 1. The summed E-state index contributed by atoms with van der Waals surface area (Å²) in [5, 5.41) is 0. The van der Waals surface area contributed by atoms with Crippen LogP contribution in [0.2, 0.25) is 0 Å². The maximum atomic E-state index is 13.0. The quantitative estimate of drug-likeness (QED) is 0.601. The van der Waals surface area contributed by atoms with Crippen molar-refractivity contribution in [3.8, 4) is 11.5 Å². The fourth-order valence-corrected chi connectivity index (χ4v) is 5.74. The second-order valence-electron chi connectivity index (χ2n) is 8.26. The van der Waals surface area contributed by atoms with Crippen molar-refractivity contribution in [2.24, 2.45) is 17.3 Å². The molecule has 0 amide bonds. The topological polar surface area (TPSA) is 52.6 Å². The van der Waals surface area contributed by atoms with E-state index >= 15 is 0 Å². The molecule has 0 heterocycles. The van der Waals surface area contributed by atoms with Gasteiger partial charge in [0.2, 0.25) is 0 Å². The van der Waals surface area contributed by atoms with Gasteiger partial charge in [-0.25, -0.2) is 0 Å². The van der Waals surface area contributed by atoms with Crippen molar-refractivity contribution in [2.45, 2.75) is 58.3 Å². The Hall–Kier alpha value is -1.84. The number of hydrogen-bond acceptors (Lipinski definition) is 4. The smallest absolute Gasteiger partial charge is 0.308 e. The third-order valence-corrected chi connectivity index (χ3v) is 6.87. The average Bonchev–Trinajstić information content (AvgIpc) is 2.95. The molecular weight excluding hydrogens is 316 g/mol. The first-order valence-electron chi connectivity index (χ1n) is 9.35. The number of methoxy groups -OCH3 is 1. The molecule has 1 aromatic carbocycles. The zero-order valence-corrected chi connectivity index (χ0v) is 15.3. The van der Waals surface area contributed by atoms with Crippen LogP contribution in [0.25, 0.3) is 0 Å². The van der Waals surface area contributed by atoms with E-state index in [1.54, 1.807) is 7.11 Å². The van der Waals surface area contributed by atoms with Crippen LogP contribution < -0.4 is 9.47 Å². The molecule has 0 unspecified atom stereocenters. The highest BCUT2D eigenvalue weighted by molar-refractivity contribution is 5.87. The van der Waals surface area contributed by atoms with Gasteiger partial charge in [-0.2, -0.15) is 0 Å². The number of ketones is 1. The number of fused-ring (bicyclic) bond motifs is 5. The first kappa shape index (κ1) is 16.6. The molecule has 3 aliphatic rings. The van der Waals surface area contributed by atoms with Crippen LogP contribution in [0.4, 0.5) is 0 Å². The molecule has 0 bridgehead atoms. The largest absolute Gasteiger partial charge is 0.493 e.